The van der Waals surface area contributed by atoms with E-state index in [1.165, 1.54) is 0 Å². The molecule has 0 saturated heterocycles. The van der Waals surface area contributed by atoms with Gasteiger partial charge in [-0.1, -0.05) is 12.1 Å². The van der Waals surface area contributed by atoms with Crippen LogP contribution in [-0.4, -0.2) is 19.5 Å². The molecule has 1 amide bonds. The van der Waals surface area contributed by atoms with Crippen molar-refractivity contribution < 1.29 is 4.79 Å². The summed E-state index contributed by atoms with van der Waals surface area (Å²) < 4.78 is 0. The summed E-state index contributed by atoms with van der Waals surface area (Å²) in [5.74, 6) is -0.342. The smallest absolute Gasteiger partial charge is 0.236 e. The number of amides is 1. The van der Waals surface area contributed by atoms with Crippen LogP contribution in [0, 0.1) is 0 Å². The number of benzene rings is 1. The molecule has 0 spiro atoms. The van der Waals surface area contributed by atoms with E-state index in [1.54, 1.807) is 4.90 Å². The number of rotatable bonds is 4. The van der Waals surface area contributed by atoms with Crippen molar-refractivity contribution in [3.8, 4) is 0 Å². The normalized spacial score (nSPS) is 9.86. The van der Waals surface area contributed by atoms with Gasteiger partial charge in [0, 0.05) is 19.3 Å². The lowest BCUT2D eigenvalue weighted by Gasteiger charge is -2.17. The molecule has 0 radical (unpaired) electrons. The zero-order chi connectivity index (χ0) is 10.6. The Morgan fingerprint density at radius 3 is 2.79 bits per heavy atom. The monoisotopic (exact) mass is 193 g/mol. The van der Waals surface area contributed by atoms with Crippen LogP contribution in [0.5, 0.6) is 0 Å². The molecule has 0 aliphatic carbocycles. The summed E-state index contributed by atoms with van der Waals surface area (Å²) in [6, 6.07) is 7.72. The first kappa shape index (κ1) is 10.5. The third-order valence-corrected chi connectivity index (χ3v) is 1.98. The molecule has 14 heavy (non-hydrogen) atoms. The van der Waals surface area contributed by atoms with Gasteiger partial charge in [0.2, 0.25) is 5.91 Å². The SMILES string of the molecule is CN(CC(N)=O)c1cccc(CN)c1. The van der Waals surface area contributed by atoms with Gasteiger partial charge in [0.05, 0.1) is 6.54 Å². The second-order valence-corrected chi connectivity index (χ2v) is 3.20. The lowest BCUT2D eigenvalue weighted by atomic mass is 10.2. The van der Waals surface area contributed by atoms with Crippen LogP contribution in [0.15, 0.2) is 24.3 Å². The molecule has 0 atom stereocenters. The van der Waals surface area contributed by atoms with E-state index in [2.05, 4.69) is 0 Å². The van der Waals surface area contributed by atoms with Gasteiger partial charge in [0.25, 0.3) is 0 Å². The van der Waals surface area contributed by atoms with Gasteiger partial charge in [-0.25, -0.2) is 0 Å². The molecule has 1 rings (SSSR count). The molecule has 0 heterocycles. The Bertz CT molecular complexity index is 325. The van der Waals surface area contributed by atoms with E-state index in [0.717, 1.165) is 11.3 Å². The highest BCUT2D eigenvalue weighted by Crippen LogP contribution is 2.13. The van der Waals surface area contributed by atoms with E-state index >= 15 is 0 Å². The highest BCUT2D eigenvalue weighted by molar-refractivity contribution is 5.79. The maximum absolute atomic E-state index is 10.7. The van der Waals surface area contributed by atoms with E-state index in [-0.39, 0.29) is 12.5 Å². The summed E-state index contributed by atoms with van der Waals surface area (Å²) in [4.78, 5) is 12.5. The van der Waals surface area contributed by atoms with Crippen LogP contribution >= 0.6 is 0 Å². The number of hydrogen-bond acceptors (Lipinski definition) is 3. The molecule has 4 heteroatoms. The maximum atomic E-state index is 10.7. The van der Waals surface area contributed by atoms with Gasteiger partial charge >= 0.3 is 0 Å². The minimum absolute atomic E-state index is 0.216. The fourth-order valence-corrected chi connectivity index (χ4v) is 1.25. The molecule has 0 aliphatic heterocycles. The summed E-state index contributed by atoms with van der Waals surface area (Å²) in [6.45, 7) is 0.715. The number of anilines is 1. The molecule has 4 N–H and O–H groups in total. The molecule has 1 aromatic rings. The van der Waals surface area contributed by atoms with Crippen LogP contribution in [0.2, 0.25) is 0 Å². The zero-order valence-electron chi connectivity index (χ0n) is 8.23. The Labute approximate surface area is 83.5 Å². The number of nitrogens with zero attached hydrogens (tertiary/aromatic N) is 1. The predicted octanol–water partition coefficient (Wildman–Crippen LogP) is 0.0668. The second kappa shape index (κ2) is 4.62. The van der Waals surface area contributed by atoms with Gasteiger partial charge in [0.15, 0.2) is 0 Å². The van der Waals surface area contributed by atoms with E-state index in [1.807, 2.05) is 31.3 Å². The number of primary amides is 1. The highest BCUT2D eigenvalue weighted by atomic mass is 16.1. The van der Waals surface area contributed by atoms with E-state index in [0.29, 0.717) is 6.54 Å². The van der Waals surface area contributed by atoms with Gasteiger partial charge in [-0.2, -0.15) is 0 Å². The van der Waals surface area contributed by atoms with Gasteiger partial charge in [0.1, 0.15) is 0 Å². The molecule has 0 aromatic heterocycles. The zero-order valence-corrected chi connectivity index (χ0v) is 8.23. The van der Waals surface area contributed by atoms with Crippen molar-refractivity contribution in [3.05, 3.63) is 29.8 Å². The third-order valence-electron chi connectivity index (χ3n) is 1.98. The first-order valence-corrected chi connectivity index (χ1v) is 4.42. The number of carbonyl (C=O) groups excluding carboxylic acids is 1. The fourth-order valence-electron chi connectivity index (χ4n) is 1.25. The largest absolute Gasteiger partial charge is 0.368 e. The Morgan fingerprint density at radius 1 is 1.50 bits per heavy atom. The molecule has 0 unspecified atom stereocenters. The van der Waals surface area contributed by atoms with Crippen molar-refractivity contribution >= 4 is 11.6 Å². The summed E-state index contributed by atoms with van der Waals surface area (Å²) in [6.07, 6.45) is 0. The minimum atomic E-state index is -0.342. The van der Waals surface area contributed by atoms with E-state index in [4.69, 9.17) is 11.5 Å². The Hall–Kier alpha value is -1.55. The van der Waals surface area contributed by atoms with Crippen LogP contribution in [0.4, 0.5) is 5.69 Å². The lowest BCUT2D eigenvalue weighted by Crippen LogP contribution is -2.30. The Morgan fingerprint density at radius 2 is 2.21 bits per heavy atom. The summed E-state index contributed by atoms with van der Waals surface area (Å²) in [5.41, 5.74) is 12.6. The Balaban J connectivity index is 2.78. The van der Waals surface area contributed by atoms with Gasteiger partial charge in [-0.3, -0.25) is 4.79 Å². The molecule has 4 nitrogen and oxygen atoms in total. The predicted molar refractivity (Wildman–Crippen MR) is 56.8 cm³/mol. The van der Waals surface area contributed by atoms with Gasteiger partial charge in [-0.05, 0) is 17.7 Å². The minimum Gasteiger partial charge on any atom is -0.368 e. The van der Waals surface area contributed by atoms with Crippen LogP contribution < -0.4 is 16.4 Å². The van der Waals surface area contributed by atoms with Crippen LogP contribution in [0.25, 0.3) is 0 Å². The van der Waals surface area contributed by atoms with Crippen LogP contribution in [0.1, 0.15) is 5.56 Å². The van der Waals surface area contributed by atoms with Gasteiger partial charge < -0.3 is 16.4 Å². The molecular weight excluding hydrogens is 178 g/mol. The summed E-state index contributed by atoms with van der Waals surface area (Å²) >= 11 is 0. The quantitative estimate of drug-likeness (QED) is 0.710. The number of carbonyl (C=O) groups is 1. The number of nitrogens with two attached hydrogens (primary N) is 2. The lowest BCUT2D eigenvalue weighted by molar-refractivity contribution is -0.116. The van der Waals surface area contributed by atoms with Crippen molar-refractivity contribution in [1.29, 1.82) is 0 Å². The number of hydrogen-bond donors (Lipinski definition) is 2. The second-order valence-electron chi connectivity index (χ2n) is 3.20. The van der Waals surface area contributed by atoms with E-state index in [9.17, 15) is 4.79 Å². The average molecular weight is 193 g/mol. The molecular formula is C10H15N3O. The van der Waals surface area contributed by atoms with Crippen molar-refractivity contribution in [2.75, 3.05) is 18.5 Å². The third kappa shape index (κ3) is 2.74. The van der Waals surface area contributed by atoms with E-state index < -0.39 is 0 Å². The van der Waals surface area contributed by atoms with Crippen molar-refractivity contribution in [2.24, 2.45) is 11.5 Å². The van der Waals surface area contributed by atoms with Gasteiger partial charge in [-0.15, -0.1) is 0 Å². The Kier molecular flexibility index (Phi) is 3.48. The maximum Gasteiger partial charge on any atom is 0.236 e. The molecule has 0 saturated carbocycles. The topological polar surface area (TPSA) is 72.3 Å². The summed E-state index contributed by atoms with van der Waals surface area (Å²) in [5, 5.41) is 0. The van der Waals surface area contributed by atoms with Crippen molar-refractivity contribution in [2.45, 2.75) is 6.54 Å². The van der Waals surface area contributed by atoms with Crippen molar-refractivity contribution in [3.63, 3.8) is 0 Å². The molecule has 0 fully saturated rings. The summed E-state index contributed by atoms with van der Waals surface area (Å²) in [7, 11) is 1.82. The van der Waals surface area contributed by atoms with Crippen molar-refractivity contribution in [1.82, 2.24) is 0 Å². The first-order valence-electron chi connectivity index (χ1n) is 4.42. The first-order chi connectivity index (χ1) is 6.63. The number of likely N-dealkylation sites (N-methyl/N-ethyl adjacent to an activating group) is 1. The molecule has 1 aromatic carbocycles. The van der Waals surface area contributed by atoms with Crippen LogP contribution in [-0.2, 0) is 11.3 Å². The fraction of sp³-hybridized carbons (Fsp3) is 0.300. The average Bonchev–Trinajstić information content (AvgIpc) is 2.17. The standard InChI is InChI=1S/C10H15N3O/c1-13(7-10(12)14)9-4-2-3-8(5-9)6-11/h2-5H,6-7,11H2,1H3,(H2,12,14). The van der Waals surface area contributed by atoms with Crippen LogP contribution in [0.3, 0.4) is 0 Å². The highest BCUT2D eigenvalue weighted by Gasteiger charge is 2.03. The molecule has 0 aliphatic rings. The molecule has 76 valence electrons. The molecule has 0 bridgehead atoms.